The van der Waals surface area contributed by atoms with E-state index >= 15 is 0 Å². The van der Waals surface area contributed by atoms with Gasteiger partial charge in [0.05, 0.1) is 0 Å². The zero-order chi connectivity index (χ0) is 15.9. The Balaban J connectivity index is 1.83. The van der Waals surface area contributed by atoms with Crippen LogP contribution in [0.4, 0.5) is 0 Å². The van der Waals surface area contributed by atoms with Crippen LogP contribution in [0.1, 0.15) is 60.9 Å². The van der Waals surface area contributed by atoms with Gasteiger partial charge in [-0.3, -0.25) is 0 Å². The summed E-state index contributed by atoms with van der Waals surface area (Å²) in [5.74, 6) is 0.923. The van der Waals surface area contributed by atoms with Crippen molar-refractivity contribution < 1.29 is 5.11 Å². The number of unbranched alkanes of at least 4 members (excludes halogenated alkanes) is 1. The number of thiophene rings is 1. The van der Waals surface area contributed by atoms with Crippen molar-refractivity contribution >= 4 is 16.9 Å². The van der Waals surface area contributed by atoms with Gasteiger partial charge in [-0.2, -0.15) is 0 Å². The van der Waals surface area contributed by atoms with Gasteiger partial charge in [-0.15, -0.1) is 11.3 Å². The van der Waals surface area contributed by atoms with Crippen LogP contribution in [0.15, 0.2) is 41.8 Å². The summed E-state index contributed by atoms with van der Waals surface area (Å²) in [5.41, 5.74) is 4.72. The Kier molecular flexibility index (Phi) is 3.81. The van der Waals surface area contributed by atoms with Crippen molar-refractivity contribution in [3.05, 3.63) is 57.8 Å². The van der Waals surface area contributed by atoms with E-state index in [2.05, 4.69) is 36.6 Å². The summed E-state index contributed by atoms with van der Waals surface area (Å²) < 4.78 is 0. The standard InChI is InChI=1S/C21H24OS/c1-2-3-10-21-11-4-6-18(19-7-5-12-23-19)20(21)17-9-8-16(22)13-15(17)14-21/h5-9,12-13,20,22H,2-4,10-11,14H2,1H3. The average Bonchev–Trinajstić information content (AvgIpc) is 3.18. The summed E-state index contributed by atoms with van der Waals surface area (Å²) in [7, 11) is 0. The summed E-state index contributed by atoms with van der Waals surface area (Å²) in [5, 5.41) is 12.1. The third kappa shape index (κ3) is 2.44. The molecule has 0 aliphatic heterocycles. The molecule has 120 valence electrons. The van der Waals surface area contributed by atoms with Crippen LogP contribution in [0.3, 0.4) is 0 Å². The SMILES string of the molecule is CCCCC12CCC=C(c3cccs3)C1c1ccc(O)cc1C2. The second-order valence-electron chi connectivity index (χ2n) is 7.13. The van der Waals surface area contributed by atoms with E-state index in [1.165, 1.54) is 53.7 Å². The van der Waals surface area contributed by atoms with Crippen LogP contribution in [-0.2, 0) is 6.42 Å². The van der Waals surface area contributed by atoms with Gasteiger partial charge in [0.25, 0.3) is 0 Å². The normalized spacial score (nSPS) is 25.8. The molecule has 2 heteroatoms. The molecule has 2 aliphatic carbocycles. The Bertz CT molecular complexity index is 728. The molecule has 0 amide bonds. The van der Waals surface area contributed by atoms with Crippen molar-refractivity contribution in [1.82, 2.24) is 0 Å². The van der Waals surface area contributed by atoms with Crippen LogP contribution in [-0.4, -0.2) is 5.11 Å². The van der Waals surface area contributed by atoms with Gasteiger partial charge in [-0.05, 0) is 71.4 Å². The minimum absolute atomic E-state index is 0.361. The van der Waals surface area contributed by atoms with Gasteiger partial charge in [0.15, 0.2) is 0 Å². The molecule has 0 radical (unpaired) electrons. The van der Waals surface area contributed by atoms with E-state index in [9.17, 15) is 5.11 Å². The maximum atomic E-state index is 9.93. The molecule has 1 N–H and O–H groups in total. The molecule has 2 atom stereocenters. The molecule has 0 bridgehead atoms. The Labute approximate surface area is 142 Å². The fraction of sp³-hybridized carbons (Fsp3) is 0.429. The number of aromatic hydroxyl groups is 1. The number of phenols is 1. The molecule has 4 rings (SSSR count). The van der Waals surface area contributed by atoms with E-state index < -0.39 is 0 Å². The van der Waals surface area contributed by atoms with Crippen LogP contribution in [0, 0.1) is 5.41 Å². The second kappa shape index (κ2) is 5.83. The van der Waals surface area contributed by atoms with Crippen LogP contribution in [0.5, 0.6) is 5.75 Å². The highest BCUT2D eigenvalue weighted by Gasteiger charge is 2.48. The maximum absolute atomic E-state index is 9.93. The molecule has 2 aromatic rings. The van der Waals surface area contributed by atoms with E-state index in [1.54, 1.807) is 0 Å². The molecule has 1 heterocycles. The van der Waals surface area contributed by atoms with Crippen LogP contribution < -0.4 is 0 Å². The zero-order valence-corrected chi connectivity index (χ0v) is 14.5. The molecule has 23 heavy (non-hydrogen) atoms. The number of rotatable bonds is 4. The molecule has 0 saturated heterocycles. The largest absolute Gasteiger partial charge is 0.508 e. The molecule has 0 saturated carbocycles. The number of hydrogen-bond donors (Lipinski definition) is 1. The fourth-order valence-electron chi connectivity index (χ4n) is 4.77. The van der Waals surface area contributed by atoms with Gasteiger partial charge in [-0.25, -0.2) is 0 Å². The zero-order valence-electron chi connectivity index (χ0n) is 13.7. The molecule has 0 spiro atoms. The lowest BCUT2D eigenvalue weighted by molar-refractivity contribution is 0.221. The quantitative estimate of drug-likeness (QED) is 0.715. The predicted octanol–water partition coefficient (Wildman–Crippen LogP) is 6.15. The molecule has 0 fully saturated rings. The lowest BCUT2D eigenvalue weighted by Crippen LogP contribution is -2.29. The van der Waals surface area contributed by atoms with Crippen molar-refractivity contribution in [2.24, 2.45) is 5.41 Å². The molecular weight excluding hydrogens is 300 g/mol. The first-order valence-corrected chi connectivity index (χ1v) is 9.67. The number of benzene rings is 1. The maximum Gasteiger partial charge on any atom is 0.115 e. The number of hydrogen-bond acceptors (Lipinski definition) is 2. The first kappa shape index (κ1) is 15.0. The van der Waals surface area contributed by atoms with Gasteiger partial charge in [0.1, 0.15) is 5.75 Å². The van der Waals surface area contributed by atoms with Gasteiger partial charge in [0, 0.05) is 10.8 Å². The summed E-state index contributed by atoms with van der Waals surface area (Å²) in [6.07, 6.45) is 9.93. The van der Waals surface area contributed by atoms with Crippen molar-refractivity contribution in [1.29, 1.82) is 0 Å². The van der Waals surface area contributed by atoms with Crippen molar-refractivity contribution in [2.75, 3.05) is 0 Å². The Morgan fingerprint density at radius 1 is 1.30 bits per heavy atom. The lowest BCUT2D eigenvalue weighted by Gasteiger charge is -2.40. The third-order valence-corrected chi connectivity index (χ3v) is 6.66. The highest BCUT2D eigenvalue weighted by molar-refractivity contribution is 7.11. The molecule has 1 aromatic carbocycles. The molecule has 1 nitrogen and oxygen atoms in total. The fourth-order valence-corrected chi connectivity index (χ4v) is 5.57. The van der Waals surface area contributed by atoms with Crippen molar-refractivity contribution in [3.63, 3.8) is 0 Å². The van der Waals surface area contributed by atoms with Crippen LogP contribution in [0.2, 0.25) is 0 Å². The third-order valence-electron chi connectivity index (χ3n) is 5.74. The molecule has 2 aliphatic rings. The minimum atomic E-state index is 0.361. The minimum Gasteiger partial charge on any atom is -0.508 e. The summed E-state index contributed by atoms with van der Waals surface area (Å²) in [6, 6.07) is 10.5. The Morgan fingerprint density at radius 3 is 3.00 bits per heavy atom. The topological polar surface area (TPSA) is 20.2 Å². The van der Waals surface area contributed by atoms with Crippen LogP contribution >= 0.6 is 11.3 Å². The summed E-state index contributed by atoms with van der Waals surface area (Å²) in [4.78, 5) is 1.43. The van der Waals surface area contributed by atoms with Gasteiger partial charge in [0.2, 0.25) is 0 Å². The molecular formula is C21H24OS. The second-order valence-corrected chi connectivity index (χ2v) is 8.08. The smallest absolute Gasteiger partial charge is 0.115 e. The van der Waals surface area contributed by atoms with Crippen molar-refractivity contribution in [3.8, 4) is 5.75 Å². The van der Waals surface area contributed by atoms with E-state index in [1.807, 2.05) is 23.5 Å². The number of fused-ring (bicyclic) bond motifs is 3. The first-order valence-electron chi connectivity index (χ1n) is 8.79. The number of allylic oxidation sites excluding steroid dienone is 2. The molecule has 2 unspecified atom stereocenters. The number of phenolic OH excluding ortho intramolecular Hbond substituents is 1. The summed E-state index contributed by atoms with van der Waals surface area (Å²) in [6.45, 7) is 2.29. The highest BCUT2D eigenvalue weighted by atomic mass is 32.1. The van der Waals surface area contributed by atoms with Gasteiger partial charge < -0.3 is 5.11 Å². The summed E-state index contributed by atoms with van der Waals surface area (Å²) >= 11 is 1.86. The first-order chi connectivity index (χ1) is 11.2. The van der Waals surface area contributed by atoms with E-state index in [0.29, 0.717) is 17.1 Å². The monoisotopic (exact) mass is 324 g/mol. The van der Waals surface area contributed by atoms with Crippen molar-refractivity contribution in [2.45, 2.75) is 51.4 Å². The van der Waals surface area contributed by atoms with Gasteiger partial charge >= 0.3 is 0 Å². The lowest BCUT2D eigenvalue weighted by atomic mass is 9.64. The van der Waals surface area contributed by atoms with Gasteiger partial charge in [-0.1, -0.05) is 38.0 Å². The Hall–Kier alpha value is -1.54. The van der Waals surface area contributed by atoms with E-state index in [4.69, 9.17) is 0 Å². The Morgan fingerprint density at radius 2 is 2.22 bits per heavy atom. The average molecular weight is 324 g/mol. The molecule has 1 aromatic heterocycles. The van der Waals surface area contributed by atoms with E-state index in [-0.39, 0.29) is 0 Å². The van der Waals surface area contributed by atoms with E-state index in [0.717, 1.165) is 6.42 Å². The van der Waals surface area contributed by atoms with Crippen LogP contribution in [0.25, 0.3) is 5.57 Å². The predicted molar refractivity (Wildman–Crippen MR) is 98.0 cm³/mol. The highest BCUT2D eigenvalue weighted by Crippen LogP contribution is 2.61.